The van der Waals surface area contributed by atoms with Gasteiger partial charge >= 0.3 is 0 Å². The Morgan fingerprint density at radius 3 is 2.80 bits per heavy atom. The van der Waals surface area contributed by atoms with Crippen molar-refractivity contribution in [1.29, 1.82) is 0 Å². The van der Waals surface area contributed by atoms with Gasteiger partial charge in [-0.25, -0.2) is 0 Å². The van der Waals surface area contributed by atoms with Crippen LogP contribution in [0.2, 0.25) is 0 Å². The molecule has 0 spiro atoms. The molecule has 0 unspecified atom stereocenters. The van der Waals surface area contributed by atoms with Crippen molar-refractivity contribution < 1.29 is 9.21 Å². The van der Waals surface area contributed by atoms with E-state index in [0.717, 1.165) is 11.3 Å². The zero-order valence-electron chi connectivity index (χ0n) is 11.8. The van der Waals surface area contributed by atoms with E-state index in [-0.39, 0.29) is 5.91 Å². The Labute approximate surface area is 118 Å². The molecular formula is C15H19N3O2. The Bertz CT molecular complexity index is 548. The molecule has 20 heavy (non-hydrogen) atoms. The minimum absolute atomic E-state index is 0.0399. The first-order chi connectivity index (χ1) is 9.74. The summed E-state index contributed by atoms with van der Waals surface area (Å²) in [6.45, 7) is 5.94. The van der Waals surface area contributed by atoms with Crippen molar-refractivity contribution in [2.45, 2.75) is 20.4 Å². The summed E-state index contributed by atoms with van der Waals surface area (Å²) >= 11 is 0. The highest BCUT2D eigenvalue weighted by molar-refractivity contribution is 5.93. The standard InChI is InChI=1S/C15H19N3O2/c1-3-18(4-2)15(19)14-9-13(5-7-16-14)17-10-12-6-8-20-11-12/h5-9,11H,3-4,10H2,1-2H3,(H,16,17). The molecule has 0 aliphatic carbocycles. The summed E-state index contributed by atoms with van der Waals surface area (Å²) in [5.41, 5.74) is 2.39. The van der Waals surface area contributed by atoms with Crippen LogP contribution in [0.3, 0.4) is 0 Å². The molecular weight excluding hydrogens is 254 g/mol. The van der Waals surface area contributed by atoms with Gasteiger partial charge in [0.2, 0.25) is 0 Å². The van der Waals surface area contributed by atoms with Crippen LogP contribution in [-0.2, 0) is 6.54 Å². The number of carbonyl (C=O) groups excluding carboxylic acids is 1. The lowest BCUT2D eigenvalue weighted by Crippen LogP contribution is -2.31. The van der Waals surface area contributed by atoms with E-state index in [1.54, 1.807) is 29.7 Å². The van der Waals surface area contributed by atoms with Crippen LogP contribution >= 0.6 is 0 Å². The van der Waals surface area contributed by atoms with E-state index in [2.05, 4.69) is 10.3 Å². The van der Waals surface area contributed by atoms with Crippen molar-refractivity contribution in [1.82, 2.24) is 9.88 Å². The molecule has 2 aromatic rings. The Morgan fingerprint density at radius 1 is 1.35 bits per heavy atom. The molecule has 0 saturated heterocycles. The maximum absolute atomic E-state index is 12.2. The highest BCUT2D eigenvalue weighted by atomic mass is 16.3. The number of nitrogens with zero attached hydrogens (tertiary/aromatic N) is 2. The second-order valence-electron chi connectivity index (χ2n) is 4.39. The summed E-state index contributed by atoms with van der Waals surface area (Å²) in [5, 5.41) is 3.25. The molecule has 1 N–H and O–H groups in total. The SMILES string of the molecule is CCN(CC)C(=O)c1cc(NCc2ccoc2)ccn1. The summed E-state index contributed by atoms with van der Waals surface area (Å²) in [4.78, 5) is 18.1. The Balaban J connectivity index is 2.05. The maximum Gasteiger partial charge on any atom is 0.272 e. The number of pyridine rings is 1. The van der Waals surface area contributed by atoms with Crippen LogP contribution in [0.15, 0.2) is 41.3 Å². The van der Waals surface area contributed by atoms with Crippen molar-refractivity contribution in [2.75, 3.05) is 18.4 Å². The molecule has 0 aliphatic heterocycles. The van der Waals surface area contributed by atoms with E-state index >= 15 is 0 Å². The first-order valence-corrected chi connectivity index (χ1v) is 6.74. The molecule has 2 heterocycles. The van der Waals surface area contributed by atoms with Crippen LogP contribution in [0, 0.1) is 0 Å². The van der Waals surface area contributed by atoms with Gasteiger partial charge in [0.25, 0.3) is 5.91 Å². The molecule has 0 fully saturated rings. The van der Waals surface area contributed by atoms with Crippen molar-refractivity contribution in [3.8, 4) is 0 Å². The summed E-state index contributed by atoms with van der Waals surface area (Å²) in [5.74, 6) is -0.0399. The topological polar surface area (TPSA) is 58.4 Å². The van der Waals surface area contributed by atoms with Crippen LogP contribution in [0.5, 0.6) is 0 Å². The third-order valence-electron chi connectivity index (χ3n) is 3.11. The van der Waals surface area contributed by atoms with Gasteiger partial charge < -0.3 is 14.6 Å². The highest BCUT2D eigenvalue weighted by Crippen LogP contribution is 2.12. The van der Waals surface area contributed by atoms with Crippen molar-refractivity contribution in [3.05, 3.63) is 48.2 Å². The minimum Gasteiger partial charge on any atom is -0.472 e. The van der Waals surface area contributed by atoms with Crippen molar-refractivity contribution in [3.63, 3.8) is 0 Å². The molecule has 5 heteroatoms. The summed E-state index contributed by atoms with van der Waals surface area (Å²) in [6.07, 6.45) is 4.98. The summed E-state index contributed by atoms with van der Waals surface area (Å²) < 4.78 is 5.01. The Kier molecular flexibility index (Phi) is 4.76. The second-order valence-corrected chi connectivity index (χ2v) is 4.39. The van der Waals surface area contributed by atoms with Crippen LogP contribution in [0.25, 0.3) is 0 Å². The lowest BCUT2D eigenvalue weighted by Gasteiger charge is -2.18. The molecule has 0 bridgehead atoms. The molecule has 0 aromatic carbocycles. The second kappa shape index (κ2) is 6.75. The van der Waals surface area contributed by atoms with Gasteiger partial charge in [0, 0.05) is 37.1 Å². The fraction of sp³-hybridized carbons (Fsp3) is 0.333. The van der Waals surface area contributed by atoms with Crippen molar-refractivity contribution in [2.24, 2.45) is 0 Å². The molecule has 2 rings (SSSR count). The predicted molar refractivity (Wildman–Crippen MR) is 77.5 cm³/mol. The number of nitrogens with one attached hydrogen (secondary N) is 1. The summed E-state index contributed by atoms with van der Waals surface area (Å²) in [6, 6.07) is 5.52. The third-order valence-corrected chi connectivity index (χ3v) is 3.11. The van der Waals surface area contributed by atoms with Gasteiger partial charge in [-0.2, -0.15) is 0 Å². The molecule has 0 saturated carbocycles. The van der Waals surface area contributed by atoms with E-state index in [1.807, 2.05) is 26.0 Å². The van der Waals surface area contributed by atoms with E-state index < -0.39 is 0 Å². The van der Waals surface area contributed by atoms with Gasteiger partial charge in [0.05, 0.1) is 12.5 Å². The average molecular weight is 273 g/mol. The van der Waals surface area contributed by atoms with Crippen LogP contribution in [0.1, 0.15) is 29.9 Å². The van der Waals surface area contributed by atoms with Crippen LogP contribution in [-0.4, -0.2) is 28.9 Å². The van der Waals surface area contributed by atoms with Gasteiger partial charge in [-0.3, -0.25) is 9.78 Å². The fourth-order valence-corrected chi connectivity index (χ4v) is 1.93. The van der Waals surface area contributed by atoms with Gasteiger partial charge in [0.15, 0.2) is 0 Å². The smallest absolute Gasteiger partial charge is 0.272 e. The highest BCUT2D eigenvalue weighted by Gasteiger charge is 2.13. The summed E-state index contributed by atoms with van der Waals surface area (Å²) in [7, 11) is 0. The number of amides is 1. The van der Waals surface area contributed by atoms with E-state index in [1.165, 1.54) is 0 Å². The minimum atomic E-state index is -0.0399. The molecule has 106 valence electrons. The zero-order valence-corrected chi connectivity index (χ0v) is 11.8. The van der Waals surface area contributed by atoms with Gasteiger partial charge in [-0.05, 0) is 32.0 Å². The number of carbonyl (C=O) groups is 1. The number of hydrogen-bond donors (Lipinski definition) is 1. The zero-order chi connectivity index (χ0) is 14.4. The lowest BCUT2D eigenvalue weighted by molar-refractivity contribution is 0.0767. The fourth-order valence-electron chi connectivity index (χ4n) is 1.93. The van der Waals surface area contributed by atoms with Gasteiger partial charge in [-0.1, -0.05) is 0 Å². The quantitative estimate of drug-likeness (QED) is 0.879. The van der Waals surface area contributed by atoms with Gasteiger partial charge in [-0.15, -0.1) is 0 Å². The molecule has 0 radical (unpaired) electrons. The number of furan rings is 1. The molecule has 0 aliphatic rings. The van der Waals surface area contributed by atoms with Crippen LogP contribution in [0.4, 0.5) is 5.69 Å². The van der Waals surface area contributed by atoms with E-state index in [0.29, 0.717) is 25.3 Å². The maximum atomic E-state index is 12.2. The number of hydrogen-bond acceptors (Lipinski definition) is 4. The third kappa shape index (κ3) is 3.38. The average Bonchev–Trinajstić information content (AvgIpc) is 3.00. The monoisotopic (exact) mass is 273 g/mol. The van der Waals surface area contributed by atoms with Crippen molar-refractivity contribution >= 4 is 11.6 Å². The predicted octanol–water partition coefficient (Wildman–Crippen LogP) is 2.77. The first-order valence-electron chi connectivity index (χ1n) is 6.74. The number of anilines is 1. The molecule has 1 amide bonds. The lowest BCUT2D eigenvalue weighted by atomic mass is 10.2. The molecule has 0 atom stereocenters. The van der Waals surface area contributed by atoms with Crippen LogP contribution < -0.4 is 5.32 Å². The molecule has 2 aromatic heterocycles. The normalized spacial score (nSPS) is 10.3. The molecule has 5 nitrogen and oxygen atoms in total. The Morgan fingerprint density at radius 2 is 2.15 bits per heavy atom. The van der Waals surface area contributed by atoms with Gasteiger partial charge in [0.1, 0.15) is 5.69 Å². The number of aromatic nitrogens is 1. The van der Waals surface area contributed by atoms with E-state index in [4.69, 9.17) is 4.42 Å². The number of rotatable bonds is 6. The largest absolute Gasteiger partial charge is 0.472 e. The van der Waals surface area contributed by atoms with E-state index in [9.17, 15) is 4.79 Å². The Hall–Kier alpha value is -2.30. The first kappa shape index (κ1) is 14.1.